The van der Waals surface area contributed by atoms with Gasteiger partial charge in [0.25, 0.3) is 0 Å². The molecule has 0 heterocycles. The van der Waals surface area contributed by atoms with Crippen LogP contribution in [-0.2, 0) is 0 Å². The van der Waals surface area contributed by atoms with E-state index >= 15 is 0 Å². The molecule has 0 aromatic heterocycles. The van der Waals surface area contributed by atoms with E-state index in [1.165, 1.54) is 0 Å². The van der Waals surface area contributed by atoms with Crippen molar-refractivity contribution in [2.45, 2.75) is 17.9 Å². The Bertz CT molecular complexity index is 154. The topological polar surface area (TPSA) is 0 Å². The van der Waals surface area contributed by atoms with Gasteiger partial charge in [-0.2, -0.15) is 0 Å². The van der Waals surface area contributed by atoms with Gasteiger partial charge in [-0.15, -0.1) is 36.7 Å². The minimum absolute atomic E-state index is 0.246. The Kier molecular flexibility index (Phi) is 5.85. The summed E-state index contributed by atoms with van der Waals surface area (Å²) in [5, 5.41) is 0. The van der Waals surface area contributed by atoms with Crippen LogP contribution in [0.1, 0.15) is 13.8 Å². The first kappa shape index (κ1) is 12.2. The maximum Gasteiger partial charge on any atom is 0.0642 e. The average Bonchev–Trinajstić information content (AvgIpc) is 2.12. The van der Waals surface area contributed by atoms with Gasteiger partial charge >= 0.3 is 0 Å². The number of hydrogen-bond donors (Lipinski definition) is 0. The number of thioether (sulfide) groups is 2. The summed E-state index contributed by atoms with van der Waals surface area (Å²) in [6.07, 6.45) is 6.12. The molecule has 0 nitrogen and oxygen atoms in total. The minimum atomic E-state index is 0.246. The third-order valence-electron chi connectivity index (χ3n) is 2.07. The highest BCUT2D eigenvalue weighted by molar-refractivity contribution is 8.18. The molecule has 12 heavy (non-hydrogen) atoms. The SMILES string of the molecule is C=CCSC(C)(SC)C(C)C=C. The van der Waals surface area contributed by atoms with Crippen molar-refractivity contribution < 1.29 is 0 Å². The molecule has 0 rings (SSSR count). The van der Waals surface area contributed by atoms with Crippen LogP contribution in [0.4, 0.5) is 0 Å². The molecule has 0 bridgehead atoms. The van der Waals surface area contributed by atoms with E-state index in [2.05, 4.69) is 33.3 Å². The van der Waals surface area contributed by atoms with Crippen molar-refractivity contribution in [2.75, 3.05) is 12.0 Å². The number of hydrogen-bond acceptors (Lipinski definition) is 2. The third kappa shape index (κ3) is 3.28. The zero-order valence-electron chi connectivity index (χ0n) is 8.17. The maximum atomic E-state index is 3.83. The zero-order chi connectivity index (χ0) is 9.61. The molecule has 0 aromatic carbocycles. The lowest BCUT2D eigenvalue weighted by atomic mass is 10.1. The second-order valence-corrected chi connectivity index (χ2v) is 5.83. The smallest absolute Gasteiger partial charge is 0.0642 e. The normalized spacial score (nSPS) is 17.9. The predicted octanol–water partition coefficient (Wildman–Crippen LogP) is 3.81. The number of allylic oxidation sites excluding steroid dienone is 1. The van der Waals surface area contributed by atoms with Gasteiger partial charge in [0.1, 0.15) is 0 Å². The summed E-state index contributed by atoms with van der Waals surface area (Å²) in [6.45, 7) is 12.0. The monoisotopic (exact) mass is 202 g/mol. The van der Waals surface area contributed by atoms with Crippen LogP contribution in [0.15, 0.2) is 25.3 Å². The van der Waals surface area contributed by atoms with E-state index < -0.39 is 0 Å². The van der Waals surface area contributed by atoms with Gasteiger partial charge in [-0.1, -0.05) is 19.1 Å². The van der Waals surface area contributed by atoms with Crippen LogP contribution < -0.4 is 0 Å². The highest BCUT2D eigenvalue weighted by atomic mass is 32.2. The van der Waals surface area contributed by atoms with Crippen LogP contribution in [0.3, 0.4) is 0 Å². The molecule has 0 radical (unpaired) electrons. The Morgan fingerprint density at radius 2 is 2.08 bits per heavy atom. The van der Waals surface area contributed by atoms with Crippen molar-refractivity contribution in [3.05, 3.63) is 25.3 Å². The molecular weight excluding hydrogens is 184 g/mol. The van der Waals surface area contributed by atoms with Crippen LogP contribution in [0.2, 0.25) is 0 Å². The summed E-state index contributed by atoms with van der Waals surface area (Å²) in [7, 11) is 0. The quantitative estimate of drug-likeness (QED) is 0.474. The Hall–Kier alpha value is 0.180. The summed E-state index contributed by atoms with van der Waals surface area (Å²) in [5.74, 6) is 1.53. The first-order valence-electron chi connectivity index (χ1n) is 4.03. The first-order valence-corrected chi connectivity index (χ1v) is 6.24. The molecule has 0 saturated carbocycles. The van der Waals surface area contributed by atoms with Crippen LogP contribution in [-0.4, -0.2) is 16.1 Å². The lowest BCUT2D eigenvalue weighted by Gasteiger charge is -2.31. The molecule has 0 aliphatic carbocycles. The highest BCUT2D eigenvalue weighted by Crippen LogP contribution is 2.42. The van der Waals surface area contributed by atoms with E-state index in [4.69, 9.17) is 0 Å². The second kappa shape index (κ2) is 5.76. The highest BCUT2D eigenvalue weighted by Gasteiger charge is 2.27. The largest absolute Gasteiger partial charge is 0.147 e. The van der Waals surface area contributed by atoms with E-state index in [1.807, 2.05) is 35.7 Å². The van der Waals surface area contributed by atoms with Gasteiger partial charge in [0.15, 0.2) is 0 Å². The fourth-order valence-electron chi connectivity index (χ4n) is 0.815. The van der Waals surface area contributed by atoms with Gasteiger partial charge in [-0.3, -0.25) is 0 Å². The number of rotatable bonds is 6. The van der Waals surface area contributed by atoms with Gasteiger partial charge in [0.05, 0.1) is 4.08 Å². The second-order valence-electron chi connectivity index (χ2n) is 2.84. The first-order chi connectivity index (χ1) is 5.60. The molecule has 70 valence electrons. The fourth-order valence-corrected chi connectivity index (χ4v) is 2.77. The molecule has 0 amide bonds. The van der Waals surface area contributed by atoms with E-state index in [0.29, 0.717) is 5.92 Å². The van der Waals surface area contributed by atoms with Crippen molar-refractivity contribution >= 4 is 23.5 Å². The zero-order valence-corrected chi connectivity index (χ0v) is 9.80. The van der Waals surface area contributed by atoms with E-state index in [-0.39, 0.29) is 4.08 Å². The Morgan fingerprint density at radius 1 is 1.50 bits per heavy atom. The Morgan fingerprint density at radius 3 is 2.42 bits per heavy atom. The molecule has 2 heteroatoms. The lowest BCUT2D eigenvalue weighted by Crippen LogP contribution is -2.23. The molecular formula is C10H18S2. The standard InChI is InChI=1S/C10H18S2/c1-6-8-12-10(4,11-5)9(3)7-2/h6-7,9H,1-2,8H2,3-5H3. The predicted molar refractivity (Wildman–Crippen MR) is 63.9 cm³/mol. The van der Waals surface area contributed by atoms with Gasteiger partial charge in [0.2, 0.25) is 0 Å². The molecule has 0 spiro atoms. The minimum Gasteiger partial charge on any atom is -0.147 e. The molecule has 0 aliphatic rings. The Balaban J connectivity index is 4.21. The van der Waals surface area contributed by atoms with Crippen LogP contribution in [0.5, 0.6) is 0 Å². The maximum absolute atomic E-state index is 3.83. The summed E-state index contributed by atoms with van der Waals surface area (Å²) < 4.78 is 0.246. The van der Waals surface area contributed by atoms with Gasteiger partial charge < -0.3 is 0 Å². The van der Waals surface area contributed by atoms with E-state index in [1.54, 1.807) is 0 Å². The molecule has 0 N–H and O–H groups in total. The van der Waals surface area contributed by atoms with Crippen molar-refractivity contribution in [2.24, 2.45) is 5.92 Å². The summed E-state index contributed by atoms with van der Waals surface area (Å²) in [6, 6.07) is 0. The summed E-state index contributed by atoms with van der Waals surface area (Å²) in [4.78, 5) is 0. The molecule has 0 fully saturated rings. The lowest BCUT2D eigenvalue weighted by molar-refractivity contribution is 0.676. The van der Waals surface area contributed by atoms with E-state index in [9.17, 15) is 0 Å². The van der Waals surface area contributed by atoms with Crippen molar-refractivity contribution in [3.8, 4) is 0 Å². The van der Waals surface area contributed by atoms with Gasteiger partial charge in [-0.05, 0) is 19.1 Å². The average molecular weight is 202 g/mol. The molecule has 0 saturated heterocycles. The molecule has 0 aliphatic heterocycles. The van der Waals surface area contributed by atoms with Crippen molar-refractivity contribution in [1.82, 2.24) is 0 Å². The molecule has 0 aromatic rings. The summed E-state index contributed by atoms with van der Waals surface area (Å²) >= 11 is 3.82. The van der Waals surface area contributed by atoms with E-state index in [0.717, 1.165) is 5.75 Å². The van der Waals surface area contributed by atoms with Gasteiger partial charge in [-0.25, -0.2) is 0 Å². The molecule has 2 unspecified atom stereocenters. The summed E-state index contributed by atoms with van der Waals surface area (Å²) in [5.41, 5.74) is 0. The van der Waals surface area contributed by atoms with Crippen LogP contribution in [0, 0.1) is 5.92 Å². The Labute approximate surface area is 84.9 Å². The van der Waals surface area contributed by atoms with Crippen LogP contribution in [0.25, 0.3) is 0 Å². The van der Waals surface area contributed by atoms with Gasteiger partial charge in [0, 0.05) is 5.75 Å². The molecule has 2 atom stereocenters. The van der Waals surface area contributed by atoms with Crippen LogP contribution >= 0.6 is 23.5 Å². The fraction of sp³-hybridized carbons (Fsp3) is 0.600. The van der Waals surface area contributed by atoms with Crippen molar-refractivity contribution in [1.29, 1.82) is 0 Å². The van der Waals surface area contributed by atoms with Crippen molar-refractivity contribution in [3.63, 3.8) is 0 Å². The third-order valence-corrected chi connectivity index (χ3v) is 5.46.